The van der Waals surface area contributed by atoms with Crippen LogP contribution in [0.25, 0.3) is 67.5 Å². The number of hydrogen-bond donors (Lipinski definition) is 0. The highest BCUT2D eigenvalue weighted by atomic mass is 16.7. The van der Waals surface area contributed by atoms with E-state index in [0.717, 1.165) is 55.5 Å². The van der Waals surface area contributed by atoms with E-state index in [-0.39, 0.29) is 0 Å². The number of pyridine rings is 1. The van der Waals surface area contributed by atoms with Crippen LogP contribution in [0, 0.1) is 0 Å². The first kappa shape index (κ1) is 32.4. The van der Waals surface area contributed by atoms with Gasteiger partial charge >= 0.3 is 7.12 Å². The van der Waals surface area contributed by atoms with Crippen molar-refractivity contribution in [2.75, 3.05) is 0 Å². The van der Waals surface area contributed by atoms with Crippen molar-refractivity contribution < 1.29 is 9.31 Å². The number of hydrogen-bond acceptors (Lipinski definition) is 6. The summed E-state index contributed by atoms with van der Waals surface area (Å²) in [7, 11) is -0.567. The van der Waals surface area contributed by atoms with Gasteiger partial charge in [0.15, 0.2) is 17.5 Å². The van der Waals surface area contributed by atoms with Gasteiger partial charge in [-0.25, -0.2) is 15.0 Å². The summed E-state index contributed by atoms with van der Waals surface area (Å²) in [4.78, 5) is 19.7. The first-order valence-corrected chi connectivity index (χ1v) is 17.2. The summed E-state index contributed by atoms with van der Waals surface area (Å²) in [6, 6.07) is 47.7. The van der Waals surface area contributed by atoms with Gasteiger partial charge in [0, 0.05) is 29.1 Å². The first-order valence-electron chi connectivity index (χ1n) is 17.2. The van der Waals surface area contributed by atoms with Crippen molar-refractivity contribution in [3.8, 4) is 67.5 Å². The molecule has 0 unspecified atom stereocenters. The van der Waals surface area contributed by atoms with Crippen LogP contribution in [0.4, 0.5) is 0 Å². The summed E-state index contributed by atoms with van der Waals surface area (Å²) >= 11 is 0. The number of rotatable bonds is 7. The summed E-state index contributed by atoms with van der Waals surface area (Å²) in [6.45, 7) is 8.26. The second kappa shape index (κ2) is 13.2. The molecule has 0 aliphatic carbocycles. The van der Waals surface area contributed by atoms with Crippen molar-refractivity contribution in [1.82, 2.24) is 19.9 Å². The van der Waals surface area contributed by atoms with Crippen LogP contribution in [-0.2, 0) is 9.31 Å². The first-order chi connectivity index (χ1) is 24.7. The van der Waals surface area contributed by atoms with Gasteiger partial charge in [0.05, 0.1) is 11.2 Å². The van der Waals surface area contributed by atoms with Crippen LogP contribution in [0.15, 0.2) is 152 Å². The second-order valence-corrected chi connectivity index (χ2v) is 13.9. The second-order valence-electron chi connectivity index (χ2n) is 13.9. The Hall–Kier alpha value is -5.76. The molecule has 0 radical (unpaired) electrons. The van der Waals surface area contributed by atoms with Gasteiger partial charge in [-0.1, -0.05) is 127 Å². The largest absolute Gasteiger partial charge is 0.494 e. The molecule has 0 spiro atoms. The minimum atomic E-state index is -0.567. The average Bonchev–Trinajstić information content (AvgIpc) is 3.41. The minimum absolute atomic E-state index is 0.493. The van der Waals surface area contributed by atoms with Gasteiger partial charge in [0.2, 0.25) is 0 Å². The highest BCUT2D eigenvalue weighted by molar-refractivity contribution is 6.62. The Kier molecular flexibility index (Phi) is 8.38. The molecule has 0 atom stereocenters. The van der Waals surface area contributed by atoms with Crippen molar-refractivity contribution >= 4 is 12.6 Å². The molecule has 1 fully saturated rings. The number of aromatic nitrogens is 4. The molecule has 248 valence electrons. The van der Waals surface area contributed by atoms with Crippen LogP contribution in [-0.4, -0.2) is 38.3 Å². The van der Waals surface area contributed by atoms with Crippen LogP contribution in [0.1, 0.15) is 27.7 Å². The molecular formula is C44H37BN4O2. The van der Waals surface area contributed by atoms with E-state index in [1.807, 2.05) is 54.7 Å². The predicted molar refractivity (Wildman–Crippen MR) is 206 cm³/mol. The summed E-state index contributed by atoms with van der Waals surface area (Å²) in [5.74, 6) is 1.73. The normalized spacial score (nSPS) is 14.8. The lowest BCUT2D eigenvalue weighted by Gasteiger charge is -2.32. The molecule has 7 heteroatoms. The van der Waals surface area contributed by atoms with Crippen LogP contribution in [0.5, 0.6) is 0 Å². The smallest absolute Gasteiger partial charge is 0.399 e. The summed E-state index contributed by atoms with van der Waals surface area (Å²) in [5.41, 5.74) is 9.02. The third-order valence-electron chi connectivity index (χ3n) is 9.87. The Morgan fingerprint density at radius 1 is 0.412 bits per heavy atom. The van der Waals surface area contributed by atoms with E-state index in [9.17, 15) is 0 Å². The lowest BCUT2D eigenvalue weighted by molar-refractivity contribution is 0.00578. The molecule has 1 aliphatic rings. The maximum atomic E-state index is 6.52. The Morgan fingerprint density at radius 3 is 1.29 bits per heavy atom. The molecule has 6 nitrogen and oxygen atoms in total. The van der Waals surface area contributed by atoms with Gasteiger partial charge in [-0.15, -0.1) is 0 Å². The fourth-order valence-electron chi connectivity index (χ4n) is 6.24. The van der Waals surface area contributed by atoms with Crippen LogP contribution >= 0.6 is 0 Å². The number of benzene rings is 5. The van der Waals surface area contributed by atoms with Gasteiger partial charge < -0.3 is 9.31 Å². The third-order valence-corrected chi connectivity index (χ3v) is 9.87. The highest BCUT2D eigenvalue weighted by Gasteiger charge is 2.51. The van der Waals surface area contributed by atoms with Gasteiger partial charge in [0.25, 0.3) is 0 Å². The summed E-state index contributed by atoms with van der Waals surface area (Å²) in [6.07, 6.45) is 3.64. The molecule has 8 rings (SSSR count). The molecule has 1 saturated heterocycles. The molecule has 5 aromatic carbocycles. The highest BCUT2D eigenvalue weighted by Crippen LogP contribution is 2.37. The predicted octanol–water partition coefficient (Wildman–Crippen LogP) is 9.57. The minimum Gasteiger partial charge on any atom is -0.399 e. The van der Waals surface area contributed by atoms with Crippen molar-refractivity contribution in [2.24, 2.45) is 0 Å². The number of nitrogens with zero attached hydrogens (tertiary/aromatic N) is 4. The molecule has 7 aromatic rings. The van der Waals surface area contributed by atoms with E-state index in [1.165, 1.54) is 0 Å². The Balaban J connectivity index is 1.27. The van der Waals surface area contributed by atoms with Crippen molar-refractivity contribution in [2.45, 2.75) is 38.9 Å². The molecule has 1 aliphatic heterocycles. The third kappa shape index (κ3) is 6.62. The van der Waals surface area contributed by atoms with Gasteiger partial charge in [0.1, 0.15) is 0 Å². The Labute approximate surface area is 299 Å². The van der Waals surface area contributed by atoms with E-state index < -0.39 is 18.3 Å². The van der Waals surface area contributed by atoms with Crippen molar-refractivity contribution in [1.29, 1.82) is 0 Å². The zero-order valence-electron chi connectivity index (χ0n) is 29.1. The zero-order valence-corrected chi connectivity index (χ0v) is 29.1. The maximum absolute atomic E-state index is 6.52. The molecular weight excluding hydrogens is 627 g/mol. The molecule has 0 bridgehead atoms. The summed E-state index contributed by atoms with van der Waals surface area (Å²) in [5, 5.41) is 0. The quantitative estimate of drug-likeness (QED) is 0.158. The fraction of sp³-hybridized carbons (Fsp3) is 0.136. The van der Waals surface area contributed by atoms with E-state index in [1.54, 1.807) is 6.20 Å². The Bertz CT molecular complexity index is 2180. The lowest BCUT2D eigenvalue weighted by Crippen LogP contribution is -2.41. The standard InChI is InChI=1S/C44H37BN4O2/c1-43(2)44(3,4)51-45(50-43)39-27-37(36-16-11-25-46-29-36)26-38(28-39)42-48-40(34-21-17-32(18-22-34)30-12-7-5-8-13-30)47-41(49-42)35-23-19-33(20-24-35)31-14-9-6-10-15-31/h5-29H,1-4H3. The van der Waals surface area contributed by atoms with Gasteiger partial charge in [-0.3, -0.25) is 4.98 Å². The monoisotopic (exact) mass is 664 g/mol. The van der Waals surface area contributed by atoms with Crippen molar-refractivity contribution in [3.63, 3.8) is 0 Å². The van der Waals surface area contributed by atoms with Crippen molar-refractivity contribution in [3.05, 3.63) is 152 Å². The topological polar surface area (TPSA) is 70.0 Å². The van der Waals surface area contributed by atoms with E-state index in [2.05, 4.69) is 124 Å². The summed E-state index contributed by atoms with van der Waals surface area (Å²) < 4.78 is 13.0. The zero-order chi connectivity index (χ0) is 35.0. The average molecular weight is 665 g/mol. The molecule has 0 saturated carbocycles. The molecule has 0 amide bonds. The maximum Gasteiger partial charge on any atom is 0.494 e. The van der Waals surface area contributed by atoms with Crippen LogP contribution in [0.3, 0.4) is 0 Å². The fourth-order valence-corrected chi connectivity index (χ4v) is 6.24. The van der Waals surface area contributed by atoms with Gasteiger partial charge in [-0.2, -0.15) is 0 Å². The van der Waals surface area contributed by atoms with Gasteiger partial charge in [-0.05, 0) is 78.7 Å². The lowest BCUT2D eigenvalue weighted by atomic mass is 9.77. The molecule has 0 N–H and O–H groups in total. The van der Waals surface area contributed by atoms with Crippen LogP contribution < -0.4 is 5.46 Å². The van der Waals surface area contributed by atoms with E-state index in [4.69, 9.17) is 24.3 Å². The van der Waals surface area contributed by atoms with E-state index in [0.29, 0.717) is 17.5 Å². The van der Waals surface area contributed by atoms with E-state index >= 15 is 0 Å². The molecule has 2 aromatic heterocycles. The molecule has 3 heterocycles. The molecule has 51 heavy (non-hydrogen) atoms. The van der Waals surface area contributed by atoms with Crippen LogP contribution in [0.2, 0.25) is 0 Å². The SMILES string of the molecule is CC1(C)OB(c2cc(-c3cccnc3)cc(-c3nc(-c4ccc(-c5ccccc5)cc4)nc(-c4ccc(-c5ccccc5)cc4)n3)c2)OC1(C)C. The Morgan fingerprint density at radius 2 is 0.824 bits per heavy atom.